The molecule has 2 aromatic rings. The molecule has 2 N–H and O–H groups in total. The first-order valence-electron chi connectivity index (χ1n) is 6.91. The zero-order chi connectivity index (χ0) is 15.5. The molecule has 0 unspecified atom stereocenters. The molecular formula is C16H21ClN2O2. The number of rotatable bonds is 6. The second-order valence-electron chi connectivity index (χ2n) is 5.90. The maximum absolute atomic E-state index is 9.40. The van der Waals surface area contributed by atoms with Crippen molar-refractivity contribution in [3.63, 3.8) is 0 Å². The molecular weight excluding hydrogens is 288 g/mol. The van der Waals surface area contributed by atoms with Gasteiger partial charge in [-0.25, -0.2) is 0 Å². The summed E-state index contributed by atoms with van der Waals surface area (Å²) in [4.78, 5) is 6.47. The standard InChI is InChI=1S/C16H21ClN2O2/c1-16(10-20,11-21)9-19(2)8-13-14(17)6-5-12-4-3-7-18-15(12)13/h3-7,20-21H,8-11H2,1-2H3. The highest BCUT2D eigenvalue weighted by Crippen LogP contribution is 2.26. The average Bonchev–Trinajstić information content (AvgIpc) is 2.50. The van der Waals surface area contributed by atoms with Crippen molar-refractivity contribution in [1.82, 2.24) is 9.88 Å². The summed E-state index contributed by atoms with van der Waals surface area (Å²) in [5.41, 5.74) is 1.33. The van der Waals surface area contributed by atoms with E-state index in [-0.39, 0.29) is 13.2 Å². The van der Waals surface area contributed by atoms with E-state index in [0.717, 1.165) is 16.5 Å². The first-order valence-corrected chi connectivity index (χ1v) is 7.29. The van der Waals surface area contributed by atoms with Crippen LogP contribution in [0.4, 0.5) is 0 Å². The van der Waals surface area contributed by atoms with Crippen molar-refractivity contribution in [3.05, 3.63) is 41.0 Å². The Bertz CT molecular complexity index is 614. The summed E-state index contributed by atoms with van der Waals surface area (Å²) in [6.07, 6.45) is 1.76. The SMILES string of the molecule is CN(Cc1c(Cl)ccc2cccnc12)CC(C)(CO)CO. The molecule has 1 heterocycles. The van der Waals surface area contributed by atoms with Gasteiger partial charge in [-0.15, -0.1) is 0 Å². The fraction of sp³-hybridized carbons (Fsp3) is 0.438. The fourth-order valence-corrected chi connectivity index (χ4v) is 2.67. The van der Waals surface area contributed by atoms with Crippen molar-refractivity contribution in [1.29, 1.82) is 0 Å². The van der Waals surface area contributed by atoms with Gasteiger partial charge in [0.2, 0.25) is 0 Å². The number of pyridine rings is 1. The lowest BCUT2D eigenvalue weighted by Crippen LogP contribution is -2.38. The third kappa shape index (κ3) is 3.71. The van der Waals surface area contributed by atoms with Crippen molar-refractivity contribution >= 4 is 22.5 Å². The second-order valence-corrected chi connectivity index (χ2v) is 6.31. The molecule has 0 saturated carbocycles. The Morgan fingerprint density at radius 3 is 2.62 bits per heavy atom. The third-order valence-corrected chi connectivity index (χ3v) is 4.02. The van der Waals surface area contributed by atoms with Crippen LogP contribution in [0.5, 0.6) is 0 Å². The number of aliphatic hydroxyl groups is 2. The molecule has 4 nitrogen and oxygen atoms in total. The molecule has 0 aliphatic heterocycles. The van der Waals surface area contributed by atoms with Crippen LogP contribution >= 0.6 is 11.6 Å². The zero-order valence-electron chi connectivity index (χ0n) is 12.4. The van der Waals surface area contributed by atoms with Crippen LogP contribution in [-0.4, -0.2) is 46.9 Å². The van der Waals surface area contributed by atoms with Gasteiger partial charge in [0.15, 0.2) is 0 Å². The van der Waals surface area contributed by atoms with Crippen LogP contribution < -0.4 is 0 Å². The lowest BCUT2D eigenvalue weighted by molar-refractivity contribution is 0.0403. The van der Waals surface area contributed by atoms with Gasteiger partial charge in [-0.05, 0) is 19.2 Å². The Morgan fingerprint density at radius 1 is 1.24 bits per heavy atom. The average molecular weight is 309 g/mol. The minimum absolute atomic E-state index is 0.0602. The van der Waals surface area contributed by atoms with Crippen LogP contribution in [0.15, 0.2) is 30.5 Å². The van der Waals surface area contributed by atoms with E-state index >= 15 is 0 Å². The van der Waals surface area contributed by atoms with E-state index < -0.39 is 5.41 Å². The summed E-state index contributed by atoms with van der Waals surface area (Å²) < 4.78 is 0. The first-order chi connectivity index (χ1) is 9.99. The van der Waals surface area contributed by atoms with Gasteiger partial charge < -0.3 is 15.1 Å². The highest BCUT2D eigenvalue weighted by atomic mass is 35.5. The Labute approximate surface area is 130 Å². The van der Waals surface area contributed by atoms with Gasteiger partial charge in [-0.2, -0.15) is 0 Å². The van der Waals surface area contributed by atoms with Crippen LogP contribution in [0.25, 0.3) is 10.9 Å². The molecule has 0 bridgehead atoms. The normalized spacial score (nSPS) is 12.3. The van der Waals surface area contributed by atoms with E-state index in [2.05, 4.69) is 4.98 Å². The van der Waals surface area contributed by atoms with Crippen LogP contribution in [0, 0.1) is 5.41 Å². The molecule has 5 heteroatoms. The number of halogens is 1. The number of aromatic nitrogens is 1. The molecule has 1 aromatic heterocycles. The lowest BCUT2D eigenvalue weighted by Gasteiger charge is -2.30. The minimum Gasteiger partial charge on any atom is -0.396 e. The molecule has 0 saturated heterocycles. The molecule has 0 radical (unpaired) electrons. The maximum atomic E-state index is 9.40. The third-order valence-electron chi connectivity index (χ3n) is 3.67. The molecule has 0 amide bonds. The Morgan fingerprint density at radius 2 is 1.95 bits per heavy atom. The molecule has 21 heavy (non-hydrogen) atoms. The van der Waals surface area contributed by atoms with Gasteiger partial charge in [0, 0.05) is 40.7 Å². The number of fused-ring (bicyclic) bond motifs is 1. The largest absolute Gasteiger partial charge is 0.396 e. The van der Waals surface area contributed by atoms with Crippen molar-refractivity contribution in [2.75, 3.05) is 26.8 Å². The predicted molar refractivity (Wildman–Crippen MR) is 85.4 cm³/mol. The monoisotopic (exact) mass is 308 g/mol. The van der Waals surface area contributed by atoms with E-state index in [1.54, 1.807) is 6.20 Å². The Balaban J connectivity index is 2.25. The number of nitrogens with zero attached hydrogens (tertiary/aromatic N) is 2. The highest BCUT2D eigenvalue weighted by molar-refractivity contribution is 6.32. The van der Waals surface area contributed by atoms with Crippen LogP contribution in [-0.2, 0) is 6.54 Å². The Hall–Kier alpha value is -1.20. The van der Waals surface area contributed by atoms with Crippen molar-refractivity contribution in [2.45, 2.75) is 13.5 Å². The van der Waals surface area contributed by atoms with Gasteiger partial charge in [0.1, 0.15) is 0 Å². The topological polar surface area (TPSA) is 56.6 Å². The summed E-state index contributed by atoms with van der Waals surface area (Å²) in [5.74, 6) is 0. The first kappa shape index (κ1) is 16.2. The summed E-state index contributed by atoms with van der Waals surface area (Å²) in [6.45, 7) is 2.92. The molecule has 0 spiro atoms. The minimum atomic E-state index is -0.529. The van der Waals surface area contributed by atoms with E-state index in [4.69, 9.17) is 11.6 Å². The Kier molecular flexibility index (Phi) is 5.17. The van der Waals surface area contributed by atoms with Gasteiger partial charge >= 0.3 is 0 Å². The van der Waals surface area contributed by atoms with Crippen molar-refractivity contribution < 1.29 is 10.2 Å². The molecule has 0 atom stereocenters. The zero-order valence-corrected chi connectivity index (χ0v) is 13.1. The quantitative estimate of drug-likeness (QED) is 0.860. The van der Waals surface area contributed by atoms with Crippen LogP contribution in [0.2, 0.25) is 5.02 Å². The van der Waals surface area contributed by atoms with E-state index in [0.29, 0.717) is 18.1 Å². The summed E-state index contributed by atoms with van der Waals surface area (Å²) in [5, 5.41) is 20.5. The number of aliphatic hydroxyl groups excluding tert-OH is 2. The van der Waals surface area contributed by atoms with Crippen molar-refractivity contribution in [2.24, 2.45) is 5.41 Å². The predicted octanol–water partition coefficient (Wildman–Crippen LogP) is 2.31. The van der Waals surface area contributed by atoms with Gasteiger partial charge in [0.05, 0.1) is 18.7 Å². The van der Waals surface area contributed by atoms with Gasteiger partial charge in [-0.1, -0.05) is 30.7 Å². The number of hydrogen-bond acceptors (Lipinski definition) is 4. The van der Waals surface area contributed by atoms with Gasteiger partial charge in [-0.3, -0.25) is 4.98 Å². The highest BCUT2D eigenvalue weighted by Gasteiger charge is 2.25. The molecule has 0 fully saturated rings. The molecule has 0 aliphatic carbocycles. The summed E-state index contributed by atoms with van der Waals surface area (Å²) in [6, 6.07) is 7.75. The second kappa shape index (κ2) is 6.71. The number of benzene rings is 1. The smallest absolute Gasteiger partial charge is 0.0761 e. The van der Waals surface area contributed by atoms with E-state index in [9.17, 15) is 10.2 Å². The van der Waals surface area contributed by atoms with Gasteiger partial charge in [0.25, 0.3) is 0 Å². The lowest BCUT2D eigenvalue weighted by atomic mass is 9.92. The van der Waals surface area contributed by atoms with Crippen LogP contribution in [0.3, 0.4) is 0 Å². The number of hydrogen-bond donors (Lipinski definition) is 2. The summed E-state index contributed by atoms with van der Waals surface area (Å²) in [7, 11) is 1.95. The van der Waals surface area contributed by atoms with Crippen LogP contribution in [0.1, 0.15) is 12.5 Å². The molecule has 2 rings (SSSR count). The summed E-state index contributed by atoms with van der Waals surface area (Å²) >= 11 is 6.32. The fourth-order valence-electron chi connectivity index (χ4n) is 2.46. The molecule has 1 aromatic carbocycles. The molecule has 0 aliphatic rings. The van der Waals surface area contributed by atoms with E-state index in [1.165, 1.54) is 0 Å². The van der Waals surface area contributed by atoms with E-state index in [1.807, 2.05) is 43.1 Å². The molecule has 114 valence electrons. The maximum Gasteiger partial charge on any atom is 0.0761 e. The van der Waals surface area contributed by atoms with Crippen molar-refractivity contribution in [3.8, 4) is 0 Å².